The number of carbonyl (C=O) groups is 1. The fourth-order valence-electron chi connectivity index (χ4n) is 3.29. The molecule has 3 heterocycles. The highest BCUT2D eigenvalue weighted by Gasteiger charge is 2.34. The Morgan fingerprint density at radius 1 is 1.19 bits per heavy atom. The van der Waals surface area contributed by atoms with Crippen molar-refractivity contribution < 1.29 is 4.79 Å². The van der Waals surface area contributed by atoms with Gasteiger partial charge in [-0.1, -0.05) is 18.2 Å². The predicted molar refractivity (Wildman–Crippen MR) is 107 cm³/mol. The quantitative estimate of drug-likeness (QED) is 0.717. The van der Waals surface area contributed by atoms with Gasteiger partial charge in [0.05, 0.1) is 17.6 Å². The summed E-state index contributed by atoms with van der Waals surface area (Å²) in [6, 6.07) is 11.7. The van der Waals surface area contributed by atoms with E-state index in [-0.39, 0.29) is 42.6 Å². The second kappa shape index (κ2) is 8.49. The molecule has 1 amide bonds. The van der Waals surface area contributed by atoms with E-state index in [4.69, 9.17) is 0 Å². The number of para-hydroxylation sites is 1. The summed E-state index contributed by atoms with van der Waals surface area (Å²) >= 11 is 0. The molecule has 4 rings (SSSR count). The van der Waals surface area contributed by atoms with Gasteiger partial charge in [0.25, 0.3) is 0 Å². The van der Waals surface area contributed by atoms with Crippen LogP contribution in [0, 0.1) is 5.92 Å². The Balaban J connectivity index is 0.00000121. The summed E-state index contributed by atoms with van der Waals surface area (Å²) in [6.45, 7) is 1.45. The van der Waals surface area contributed by atoms with E-state index in [1.165, 1.54) is 0 Å². The third-order valence-corrected chi connectivity index (χ3v) is 4.55. The molecule has 138 valence electrons. The minimum Gasteiger partial charge on any atom is -0.315 e. The first-order valence-corrected chi connectivity index (χ1v) is 8.06. The van der Waals surface area contributed by atoms with Gasteiger partial charge in [-0.25, -0.2) is 4.98 Å². The number of aromatic nitrogens is 3. The molecule has 0 saturated carbocycles. The Hall–Kier alpha value is -2.15. The number of fused-ring (bicyclic) bond motifs is 1. The van der Waals surface area contributed by atoms with Crippen LogP contribution in [0.4, 0.5) is 5.82 Å². The summed E-state index contributed by atoms with van der Waals surface area (Å²) in [4.78, 5) is 17.2. The van der Waals surface area contributed by atoms with Gasteiger partial charge < -0.3 is 10.6 Å². The van der Waals surface area contributed by atoms with Gasteiger partial charge in [0.1, 0.15) is 5.82 Å². The highest BCUT2D eigenvalue weighted by molar-refractivity contribution is 5.94. The summed E-state index contributed by atoms with van der Waals surface area (Å²) in [7, 11) is 1.89. The van der Waals surface area contributed by atoms with Crippen molar-refractivity contribution in [2.24, 2.45) is 13.0 Å². The monoisotopic (exact) mass is 393 g/mol. The maximum Gasteiger partial charge on any atom is 0.230 e. The molecule has 0 bridgehead atoms. The van der Waals surface area contributed by atoms with E-state index in [2.05, 4.69) is 20.7 Å². The minimum atomic E-state index is -0.123. The average Bonchev–Trinajstić information content (AvgIpc) is 3.23. The minimum absolute atomic E-state index is 0. The molecular formula is C18H21Cl2N5O. The SMILES string of the molecule is Cl.Cl.Cn1cc([C@H]2CNC[C@@H]2C(=O)Nc2ccc3ccccc3n2)cn1. The topological polar surface area (TPSA) is 71.8 Å². The van der Waals surface area contributed by atoms with Crippen molar-refractivity contribution in [2.45, 2.75) is 5.92 Å². The molecule has 0 aliphatic carbocycles. The number of benzene rings is 1. The average molecular weight is 394 g/mol. The van der Waals surface area contributed by atoms with Crippen molar-refractivity contribution in [2.75, 3.05) is 18.4 Å². The van der Waals surface area contributed by atoms with Crippen LogP contribution in [-0.2, 0) is 11.8 Å². The number of aryl methyl sites for hydroxylation is 1. The molecule has 6 nitrogen and oxygen atoms in total. The molecule has 2 N–H and O–H groups in total. The summed E-state index contributed by atoms with van der Waals surface area (Å²) < 4.78 is 1.77. The van der Waals surface area contributed by atoms with Crippen molar-refractivity contribution in [3.05, 3.63) is 54.4 Å². The van der Waals surface area contributed by atoms with Crippen LogP contribution in [0.1, 0.15) is 11.5 Å². The van der Waals surface area contributed by atoms with E-state index in [1.54, 1.807) is 4.68 Å². The fourth-order valence-corrected chi connectivity index (χ4v) is 3.29. The number of nitrogens with zero attached hydrogens (tertiary/aromatic N) is 3. The van der Waals surface area contributed by atoms with Gasteiger partial charge in [0.2, 0.25) is 5.91 Å². The van der Waals surface area contributed by atoms with Gasteiger partial charge in [-0.3, -0.25) is 9.48 Å². The molecule has 26 heavy (non-hydrogen) atoms. The molecule has 1 saturated heterocycles. The van der Waals surface area contributed by atoms with Gasteiger partial charge in [-0.2, -0.15) is 5.10 Å². The Labute approximate surface area is 164 Å². The summed E-state index contributed by atoms with van der Waals surface area (Å²) in [6.07, 6.45) is 3.82. The van der Waals surface area contributed by atoms with Gasteiger partial charge >= 0.3 is 0 Å². The first-order valence-electron chi connectivity index (χ1n) is 8.06. The number of halogens is 2. The van der Waals surface area contributed by atoms with Crippen LogP contribution < -0.4 is 10.6 Å². The van der Waals surface area contributed by atoms with Crippen LogP contribution in [0.3, 0.4) is 0 Å². The Kier molecular flexibility index (Phi) is 6.58. The number of hydrogen-bond donors (Lipinski definition) is 2. The Morgan fingerprint density at radius 2 is 2.00 bits per heavy atom. The number of hydrogen-bond acceptors (Lipinski definition) is 4. The van der Waals surface area contributed by atoms with E-state index in [9.17, 15) is 4.79 Å². The third kappa shape index (κ3) is 3.98. The van der Waals surface area contributed by atoms with Crippen molar-refractivity contribution >= 4 is 47.4 Å². The second-order valence-corrected chi connectivity index (χ2v) is 6.20. The van der Waals surface area contributed by atoms with Crippen molar-refractivity contribution in [3.8, 4) is 0 Å². The van der Waals surface area contributed by atoms with Gasteiger partial charge in [-0.15, -0.1) is 24.8 Å². The first kappa shape index (κ1) is 20.2. The maximum absolute atomic E-state index is 12.7. The smallest absolute Gasteiger partial charge is 0.230 e. The lowest BCUT2D eigenvalue weighted by atomic mass is 9.90. The zero-order chi connectivity index (χ0) is 16.5. The first-order chi connectivity index (χ1) is 11.7. The highest BCUT2D eigenvalue weighted by Crippen LogP contribution is 2.28. The van der Waals surface area contributed by atoms with E-state index in [1.807, 2.05) is 55.8 Å². The third-order valence-electron chi connectivity index (χ3n) is 4.55. The summed E-state index contributed by atoms with van der Waals surface area (Å²) in [5.74, 6) is 0.605. The van der Waals surface area contributed by atoms with Crippen LogP contribution in [-0.4, -0.2) is 33.8 Å². The number of rotatable bonds is 3. The zero-order valence-corrected chi connectivity index (χ0v) is 15.9. The van der Waals surface area contributed by atoms with E-state index >= 15 is 0 Å². The van der Waals surface area contributed by atoms with Gasteiger partial charge in [0, 0.05) is 37.6 Å². The molecular weight excluding hydrogens is 373 g/mol. The van der Waals surface area contributed by atoms with Crippen LogP contribution in [0.25, 0.3) is 10.9 Å². The summed E-state index contributed by atoms with van der Waals surface area (Å²) in [5, 5.41) is 11.6. The second-order valence-electron chi connectivity index (χ2n) is 6.20. The standard InChI is InChI=1S/C18H19N5O.2ClH/c1-23-11-13(8-20-23)14-9-19-10-15(14)18(24)22-17-7-6-12-4-2-3-5-16(12)21-17;;/h2-8,11,14-15,19H,9-10H2,1H3,(H,21,22,24);2*1H/t14-,15+;;/m1../s1. The van der Waals surface area contributed by atoms with Crippen LogP contribution >= 0.6 is 24.8 Å². The van der Waals surface area contributed by atoms with Gasteiger partial charge in [-0.05, 0) is 23.8 Å². The molecule has 8 heteroatoms. The van der Waals surface area contributed by atoms with Crippen LogP contribution in [0.15, 0.2) is 48.8 Å². The molecule has 0 unspecified atom stereocenters. The fraction of sp³-hybridized carbons (Fsp3) is 0.278. The highest BCUT2D eigenvalue weighted by atomic mass is 35.5. The molecule has 1 fully saturated rings. The zero-order valence-electron chi connectivity index (χ0n) is 14.3. The molecule has 2 atom stereocenters. The largest absolute Gasteiger partial charge is 0.315 e. The van der Waals surface area contributed by atoms with E-state index < -0.39 is 0 Å². The summed E-state index contributed by atoms with van der Waals surface area (Å²) in [5.41, 5.74) is 1.97. The Morgan fingerprint density at radius 3 is 2.77 bits per heavy atom. The molecule has 1 aromatic carbocycles. The van der Waals surface area contributed by atoms with E-state index in [0.717, 1.165) is 23.0 Å². The molecule has 0 spiro atoms. The number of pyridine rings is 1. The Bertz CT molecular complexity index is 898. The molecule has 0 radical (unpaired) electrons. The lowest BCUT2D eigenvalue weighted by molar-refractivity contribution is -0.119. The van der Waals surface area contributed by atoms with Crippen LogP contribution in [0.2, 0.25) is 0 Å². The number of carbonyl (C=O) groups excluding carboxylic acids is 1. The molecule has 2 aromatic heterocycles. The van der Waals surface area contributed by atoms with Crippen molar-refractivity contribution in [3.63, 3.8) is 0 Å². The predicted octanol–water partition coefficient (Wildman–Crippen LogP) is 2.75. The van der Waals surface area contributed by atoms with E-state index in [0.29, 0.717) is 12.4 Å². The number of nitrogens with one attached hydrogen (secondary N) is 2. The van der Waals surface area contributed by atoms with Crippen LogP contribution in [0.5, 0.6) is 0 Å². The van der Waals surface area contributed by atoms with Crippen molar-refractivity contribution in [1.82, 2.24) is 20.1 Å². The molecule has 1 aliphatic heterocycles. The lowest BCUT2D eigenvalue weighted by Crippen LogP contribution is -2.28. The normalized spacial score (nSPS) is 18.8. The lowest BCUT2D eigenvalue weighted by Gasteiger charge is -2.16. The number of anilines is 1. The number of amides is 1. The molecule has 1 aliphatic rings. The van der Waals surface area contributed by atoms with Gasteiger partial charge in [0.15, 0.2) is 0 Å². The van der Waals surface area contributed by atoms with Crippen molar-refractivity contribution in [1.29, 1.82) is 0 Å². The maximum atomic E-state index is 12.7. The molecule has 3 aromatic rings.